The van der Waals surface area contributed by atoms with Gasteiger partial charge in [0.05, 0.1) is 11.2 Å². The number of carbonyl (C=O) groups is 1. The average molecular weight is 368 g/mol. The molecule has 7 heteroatoms. The van der Waals surface area contributed by atoms with Gasteiger partial charge in [-0.1, -0.05) is 24.3 Å². The van der Waals surface area contributed by atoms with Crippen LogP contribution in [0.25, 0.3) is 10.9 Å². The maximum atomic E-state index is 13.9. The molecule has 1 N–H and O–H groups in total. The number of para-hydroxylation sites is 2. The van der Waals surface area contributed by atoms with E-state index >= 15 is 0 Å². The molecule has 0 aliphatic carbocycles. The van der Waals surface area contributed by atoms with Gasteiger partial charge in [-0.2, -0.15) is 0 Å². The van der Waals surface area contributed by atoms with E-state index in [2.05, 4.69) is 10.3 Å². The van der Waals surface area contributed by atoms with Crippen LogP contribution < -0.4 is 10.2 Å². The Kier molecular flexibility index (Phi) is 4.58. The number of hydrogen-bond acceptors (Lipinski definition) is 3. The Morgan fingerprint density at radius 3 is 2.33 bits per heavy atom. The predicted octanol–water partition coefficient (Wildman–Crippen LogP) is 3.87. The van der Waals surface area contributed by atoms with Crippen molar-refractivity contribution in [3.8, 4) is 0 Å². The van der Waals surface area contributed by atoms with Gasteiger partial charge in [-0.05, 0) is 24.3 Å². The number of fused-ring (bicyclic) bond motifs is 1. The van der Waals surface area contributed by atoms with Gasteiger partial charge in [0, 0.05) is 37.8 Å². The normalized spacial score (nSPS) is 14.4. The molecule has 1 saturated heterocycles. The SMILES string of the molecule is O=C(Nc1cccc2cccnc12)N1CCN(c2c(F)cccc2F)CC1. The van der Waals surface area contributed by atoms with Crippen molar-refractivity contribution in [1.29, 1.82) is 0 Å². The van der Waals surface area contributed by atoms with Gasteiger partial charge < -0.3 is 15.1 Å². The summed E-state index contributed by atoms with van der Waals surface area (Å²) in [5, 5.41) is 3.83. The van der Waals surface area contributed by atoms with Crippen molar-refractivity contribution < 1.29 is 13.6 Å². The highest BCUT2D eigenvalue weighted by molar-refractivity contribution is 5.99. The van der Waals surface area contributed by atoms with E-state index in [-0.39, 0.29) is 11.7 Å². The largest absolute Gasteiger partial charge is 0.363 e. The van der Waals surface area contributed by atoms with Crippen LogP contribution >= 0.6 is 0 Å². The summed E-state index contributed by atoms with van der Waals surface area (Å²) in [6, 6.07) is 12.9. The lowest BCUT2D eigenvalue weighted by molar-refractivity contribution is 0.208. The van der Waals surface area contributed by atoms with Gasteiger partial charge in [0.15, 0.2) is 0 Å². The minimum atomic E-state index is -0.588. The van der Waals surface area contributed by atoms with E-state index in [1.54, 1.807) is 22.1 Å². The number of urea groups is 1. The minimum absolute atomic E-state index is 0.0317. The van der Waals surface area contributed by atoms with E-state index in [1.807, 2.05) is 24.3 Å². The fourth-order valence-corrected chi connectivity index (χ4v) is 3.32. The van der Waals surface area contributed by atoms with Gasteiger partial charge in [-0.15, -0.1) is 0 Å². The van der Waals surface area contributed by atoms with Crippen LogP contribution in [0.2, 0.25) is 0 Å². The second-order valence-corrected chi connectivity index (χ2v) is 6.36. The standard InChI is InChI=1S/C20H18F2N4O/c21-15-6-2-7-16(22)19(15)25-10-12-26(13-11-25)20(27)24-17-8-1-4-14-5-3-9-23-18(14)17/h1-9H,10-13H2,(H,24,27). The Hall–Kier alpha value is -3.22. The van der Waals surface area contributed by atoms with Crippen LogP contribution in [0.15, 0.2) is 54.7 Å². The molecule has 2 aromatic carbocycles. The molecule has 0 saturated carbocycles. The maximum Gasteiger partial charge on any atom is 0.322 e. The molecule has 27 heavy (non-hydrogen) atoms. The van der Waals surface area contributed by atoms with Crippen molar-refractivity contribution in [2.24, 2.45) is 0 Å². The van der Waals surface area contributed by atoms with E-state index in [9.17, 15) is 13.6 Å². The van der Waals surface area contributed by atoms with Gasteiger partial charge in [0.1, 0.15) is 17.3 Å². The number of halogens is 2. The molecule has 4 rings (SSSR count). The Bertz CT molecular complexity index is 961. The van der Waals surface area contributed by atoms with Crippen LogP contribution in [0, 0.1) is 11.6 Å². The van der Waals surface area contributed by atoms with E-state index in [1.165, 1.54) is 18.2 Å². The quantitative estimate of drug-likeness (QED) is 0.747. The van der Waals surface area contributed by atoms with Crippen LogP contribution in [0.4, 0.5) is 25.0 Å². The van der Waals surface area contributed by atoms with Crippen molar-refractivity contribution in [2.75, 3.05) is 36.4 Å². The van der Waals surface area contributed by atoms with E-state index in [0.29, 0.717) is 31.9 Å². The van der Waals surface area contributed by atoms with Gasteiger partial charge >= 0.3 is 6.03 Å². The van der Waals surface area contributed by atoms with Gasteiger partial charge in [-0.3, -0.25) is 4.98 Å². The van der Waals surface area contributed by atoms with Crippen molar-refractivity contribution in [3.63, 3.8) is 0 Å². The van der Waals surface area contributed by atoms with Crippen LogP contribution in [-0.2, 0) is 0 Å². The fourth-order valence-electron chi connectivity index (χ4n) is 3.32. The molecule has 0 unspecified atom stereocenters. The molecule has 0 radical (unpaired) electrons. The Morgan fingerprint density at radius 1 is 0.926 bits per heavy atom. The Labute approximate surface area is 155 Å². The van der Waals surface area contributed by atoms with Crippen molar-refractivity contribution in [3.05, 3.63) is 66.4 Å². The number of nitrogens with zero attached hydrogens (tertiary/aromatic N) is 3. The Balaban J connectivity index is 1.44. The van der Waals surface area contributed by atoms with Crippen molar-refractivity contribution in [2.45, 2.75) is 0 Å². The van der Waals surface area contributed by atoms with Crippen LogP contribution in [0.5, 0.6) is 0 Å². The first-order valence-corrected chi connectivity index (χ1v) is 8.72. The zero-order valence-electron chi connectivity index (χ0n) is 14.5. The number of pyridine rings is 1. The summed E-state index contributed by atoms with van der Waals surface area (Å²) in [5.74, 6) is -1.18. The number of nitrogens with one attached hydrogen (secondary N) is 1. The summed E-state index contributed by atoms with van der Waals surface area (Å²) in [5.41, 5.74) is 1.33. The van der Waals surface area contributed by atoms with Crippen molar-refractivity contribution in [1.82, 2.24) is 9.88 Å². The minimum Gasteiger partial charge on any atom is -0.363 e. The van der Waals surface area contributed by atoms with Gasteiger partial charge in [0.2, 0.25) is 0 Å². The molecule has 2 amide bonds. The highest BCUT2D eigenvalue weighted by Gasteiger charge is 2.25. The zero-order chi connectivity index (χ0) is 18.8. The highest BCUT2D eigenvalue weighted by Crippen LogP contribution is 2.25. The number of hydrogen-bond donors (Lipinski definition) is 1. The molecule has 0 spiro atoms. The first-order chi connectivity index (χ1) is 13.1. The lowest BCUT2D eigenvalue weighted by Gasteiger charge is -2.36. The Morgan fingerprint density at radius 2 is 1.59 bits per heavy atom. The predicted molar refractivity (Wildman–Crippen MR) is 101 cm³/mol. The second-order valence-electron chi connectivity index (χ2n) is 6.36. The summed E-state index contributed by atoms with van der Waals surface area (Å²) in [6.45, 7) is 1.47. The monoisotopic (exact) mass is 368 g/mol. The molecule has 1 aliphatic rings. The van der Waals surface area contributed by atoms with Crippen LogP contribution in [0.3, 0.4) is 0 Å². The number of amides is 2. The number of benzene rings is 2. The zero-order valence-corrected chi connectivity index (χ0v) is 14.5. The molecule has 2 heterocycles. The lowest BCUT2D eigenvalue weighted by atomic mass is 10.2. The molecule has 3 aromatic rings. The topological polar surface area (TPSA) is 48.5 Å². The van der Waals surface area contributed by atoms with E-state index in [4.69, 9.17) is 0 Å². The van der Waals surface area contributed by atoms with Crippen LogP contribution in [0.1, 0.15) is 0 Å². The fraction of sp³-hybridized carbons (Fsp3) is 0.200. The number of anilines is 2. The first-order valence-electron chi connectivity index (χ1n) is 8.72. The van der Waals surface area contributed by atoms with Crippen molar-refractivity contribution >= 4 is 28.3 Å². The molecule has 138 valence electrons. The average Bonchev–Trinajstić information content (AvgIpc) is 2.69. The molecule has 1 aromatic heterocycles. The number of aromatic nitrogens is 1. The number of piperazine rings is 1. The molecule has 0 bridgehead atoms. The molecular weight excluding hydrogens is 350 g/mol. The van der Waals surface area contributed by atoms with Gasteiger partial charge in [0.25, 0.3) is 0 Å². The van der Waals surface area contributed by atoms with Crippen LogP contribution in [-0.4, -0.2) is 42.1 Å². The van der Waals surface area contributed by atoms with E-state index in [0.717, 1.165) is 10.9 Å². The number of carbonyl (C=O) groups excluding carboxylic acids is 1. The smallest absolute Gasteiger partial charge is 0.322 e. The lowest BCUT2D eigenvalue weighted by Crippen LogP contribution is -2.50. The first kappa shape index (κ1) is 17.2. The summed E-state index contributed by atoms with van der Waals surface area (Å²) < 4.78 is 27.9. The second kappa shape index (κ2) is 7.19. The third-order valence-electron chi connectivity index (χ3n) is 4.69. The molecular formula is C20H18F2N4O. The van der Waals surface area contributed by atoms with Gasteiger partial charge in [-0.25, -0.2) is 13.6 Å². The molecule has 1 aliphatic heterocycles. The molecule has 5 nitrogen and oxygen atoms in total. The number of rotatable bonds is 2. The van der Waals surface area contributed by atoms with E-state index < -0.39 is 11.6 Å². The summed E-state index contributed by atoms with van der Waals surface area (Å²) in [6.07, 6.45) is 1.68. The maximum absolute atomic E-state index is 13.9. The highest BCUT2D eigenvalue weighted by atomic mass is 19.1. The summed E-state index contributed by atoms with van der Waals surface area (Å²) >= 11 is 0. The summed E-state index contributed by atoms with van der Waals surface area (Å²) in [7, 11) is 0. The third kappa shape index (κ3) is 3.40. The molecule has 0 atom stereocenters. The summed E-state index contributed by atoms with van der Waals surface area (Å²) in [4.78, 5) is 20.2. The molecule has 1 fully saturated rings. The third-order valence-corrected chi connectivity index (χ3v) is 4.69.